The molecule has 1 amide bonds. The molecule has 0 aromatic rings. The third-order valence-corrected chi connectivity index (χ3v) is 2.47. The Balaban J connectivity index is 4.33. The summed E-state index contributed by atoms with van der Waals surface area (Å²) in [4.78, 5) is 23.8. The zero-order valence-corrected chi connectivity index (χ0v) is 13.6. The number of nitrogens with one attached hydrogen (secondary N) is 1. The molecule has 1 atom stereocenters. The lowest BCUT2D eigenvalue weighted by Gasteiger charge is -2.26. The second-order valence-electron chi connectivity index (χ2n) is 6.19. The van der Waals surface area contributed by atoms with E-state index in [2.05, 4.69) is 5.32 Å². The van der Waals surface area contributed by atoms with Crippen LogP contribution < -0.4 is 5.32 Å². The number of carbonyl (C=O) groups excluding carboxylic acids is 2. The van der Waals surface area contributed by atoms with Gasteiger partial charge >= 0.3 is 5.97 Å². The van der Waals surface area contributed by atoms with Crippen LogP contribution in [-0.2, 0) is 19.1 Å². The Morgan fingerprint density at radius 3 is 2.20 bits per heavy atom. The minimum absolute atomic E-state index is 0.0228. The summed E-state index contributed by atoms with van der Waals surface area (Å²) in [6, 6.07) is -0.618. The van der Waals surface area contributed by atoms with Crippen molar-refractivity contribution in [2.75, 3.05) is 13.2 Å². The Bertz CT molecular complexity index is 307. The van der Waals surface area contributed by atoms with Crippen LogP contribution in [0.2, 0.25) is 0 Å². The van der Waals surface area contributed by atoms with Crippen LogP contribution in [-0.4, -0.2) is 36.7 Å². The van der Waals surface area contributed by atoms with E-state index in [-0.39, 0.29) is 18.2 Å². The molecule has 0 radical (unpaired) electrons. The van der Waals surface area contributed by atoms with Gasteiger partial charge in [-0.3, -0.25) is 4.79 Å². The molecule has 0 saturated carbocycles. The van der Waals surface area contributed by atoms with Gasteiger partial charge in [0, 0.05) is 13.0 Å². The predicted octanol–water partition coefficient (Wildman–Crippen LogP) is 2.29. The van der Waals surface area contributed by atoms with Crippen molar-refractivity contribution in [3.8, 4) is 0 Å². The van der Waals surface area contributed by atoms with E-state index in [0.717, 1.165) is 6.42 Å². The summed E-state index contributed by atoms with van der Waals surface area (Å²) in [6.45, 7) is 12.2. The molecule has 0 saturated heterocycles. The van der Waals surface area contributed by atoms with Crippen molar-refractivity contribution >= 4 is 11.9 Å². The van der Waals surface area contributed by atoms with Crippen molar-refractivity contribution in [3.63, 3.8) is 0 Å². The quantitative estimate of drug-likeness (QED) is 0.549. The van der Waals surface area contributed by atoms with Crippen LogP contribution in [0.5, 0.6) is 0 Å². The van der Waals surface area contributed by atoms with E-state index in [1.54, 1.807) is 0 Å². The number of esters is 1. The number of amides is 1. The minimum atomic E-state index is -0.618. The number of hydrogen-bond donors (Lipinski definition) is 1. The lowest BCUT2D eigenvalue weighted by Crippen LogP contribution is -2.47. The van der Waals surface area contributed by atoms with Crippen molar-refractivity contribution in [2.24, 2.45) is 5.92 Å². The summed E-state index contributed by atoms with van der Waals surface area (Å²) in [5.41, 5.74) is -0.556. The molecule has 0 aromatic heterocycles. The summed E-state index contributed by atoms with van der Waals surface area (Å²) >= 11 is 0. The molecule has 0 bridgehead atoms. The van der Waals surface area contributed by atoms with E-state index < -0.39 is 17.6 Å². The van der Waals surface area contributed by atoms with Crippen molar-refractivity contribution in [1.82, 2.24) is 5.32 Å². The molecule has 0 heterocycles. The molecule has 0 spiro atoms. The first kappa shape index (κ1) is 18.9. The lowest BCUT2D eigenvalue weighted by molar-refractivity contribution is -0.160. The summed E-state index contributed by atoms with van der Waals surface area (Å²) in [5, 5.41) is 2.72. The zero-order chi connectivity index (χ0) is 15.8. The topological polar surface area (TPSA) is 64.6 Å². The van der Waals surface area contributed by atoms with Crippen molar-refractivity contribution < 1.29 is 19.1 Å². The van der Waals surface area contributed by atoms with Gasteiger partial charge in [0.15, 0.2) is 0 Å². The summed E-state index contributed by atoms with van der Waals surface area (Å²) in [6.07, 6.45) is 1.18. The second-order valence-corrected chi connectivity index (χ2v) is 6.19. The fourth-order valence-electron chi connectivity index (χ4n) is 1.52. The molecule has 0 unspecified atom stereocenters. The molecule has 0 rings (SSSR count). The molecular weight excluding hydrogens is 258 g/mol. The van der Waals surface area contributed by atoms with Gasteiger partial charge in [0.05, 0.1) is 6.61 Å². The molecule has 0 aliphatic heterocycles. The average molecular weight is 287 g/mol. The Kier molecular flexibility index (Phi) is 8.46. The van der Waals surface area contributed by atoms with Gasteiger partial charge in [-0.2, -0.15) is 0 Å². The molecule has 5 heteroatoms. The molecule has 20 heavy (non-hydrogen) atoms. The van der Waals surface area contributed by atoms with Gasteiger partial charge < -0.3 is 14.8 Å². The highest BCUT2D eigenvalue weighted by Gasteiger charge is 2.28. The molecule has 118 valence electrons. The molecule has 0 fully saturated rings. The van der Waals surface area contributed by atoms with Crippen molar-refractivity contribution in [2.45, 2.75) is 66.0 Å². The van der Waals surface area contributed by atoms with Gasteiger partial charge in [0.2, 0.25) is 5.91 Å². The van der Waals surface area contributed by atoms with Crippen molar-refractivity contribution in [3.05, 3.63) is 0 Å². The third-order valence-electron chi connectivity index (χ3n) is 2.47. The van der Waals surface area contributed by atoms with Crippen LogP contribution in [0.15, 0.2) is 0 Å². The van der Waals surface area contributed by atoms with E-state index in [0.29, 0.717) is 13.2 Å². The molecule has 0 aliphatic rings. The second kappa shape index (κ2) is 8.95. The van der Waals surface area contributed by atoms with Gasteiger partial charge in [-0.25, -0.2) is 4.79 Å². The third kappa shape index (κ3) is 8.91. The number of carbonyl (C=O) groups is 2. The first-order valence-corrected chi connectivity index (χ1v) is 7.27. The maximum atomic E-state index is 12.0. The van der Waals surface area contributed by atoms with E-state index >= 15 is 0 Å². The highest BCUT2D eigenvalue weighted by Crippen LogP contribution is 2.12. The highest BCUT2D eigenvalue weighted by molar-refractivity contribution is 5.84. The van der Waals surface area contributed by atoms with Crippen LogP contribution in [0.3, 0.4) is 0 Å². The largest absolute Gasteiger partial charge is 0.458 e. The Labute approximate surface area is 122 Å². The van der Waals surface area contributed by atoms with Crippen LogP contribution in [0, 0.1) is 5.92 Å². The van der Waals surface area contributed by atoms with Gasteiger partial charge in [-0.05, 0) is 33.1 Å². The standard InChI is InChI=1S/C15H29NO4/c1-7-9-19-10-8-12(17)16-13(11(2)3)14(18)20-15(4,5)6/h11,13H,7-10H2,1-6H3,(H,16,17)/t13-/m0/s1. The van der Waals surface area contributed by atoms with Gasteiger partial charge in [0.25, 0.3) is 0 Å². The molecule has 1 N–H and O–H groups in total. The summed E-state index contributed by atoms with van der Waals surface area (Å²) in [7, 11) is 0. The van der Waals surface area contributed by atoms with E-state index in [4.69, 9.17) is 9.47 Å². The fourth-order valence-corrected chi connectivity index (χ4v) is 1.52. The first-order valence-electron chi connectivity index (χ1n) is 7.27. The molecular formula is C15H29NO4. The minimum Gasteiger partial charge on any atom is -0.458 e. The maximum Gasteiger partial charge on any atom is 0.329 e. The smallest absolute Gasteiger partial charge is 0.329 e. The fraction of sp³-hybridized carbons (Fsp3) is 0.867. The molecule has 0 aromatic carbocycles. The lowest BCUT2D eigenvalue weighted by atomic mass is 10.0. The average Bonchev–Trinajstić information content (AvgIpc) is 2.29. The summed E-state index contributed by atoms with van der Waals surface area (Å²) in [5.74, 6) is -0.605. The number of hydrogen-bond acceptors (Lipinski definition) is 4. The van der Waals surface area contributed by atoms with Crippen molar-refractivity contribution in [1.29, 1.82) is 0 Å². The molecule has 5 nitrogen and oxygen atoms in total. The Morgan fingerprint density at radius 2 is 1.75 bits per heavy atom. The molecule has 0 aliphatic carbocycles. The van der Waals surface area contributed by atoms with Gasteiger partial charge in [-0.15, -0.1) is 0 Å². The van der Waals surface area contributed by atoms with Gasteiger partial charge in [0.1, 0.15) is 11.6 Å². The highest BCUT2D eigenvalue weighted by atomic mass is 16.6. The van der Waals surface area contributed by atoms with Gasteiger partial charge in [-0.1, -0.05) is 20.8 Å². The Hall–Kier alpha value is -1.10. The van der Waals surface area contributed by atoms with E-state index in [1.807, 2.05) is 41.5 Å². The number of ether oxygens (including phenoxy) is 2. The monoisotopic (exact) mass is 287 g/mol. The van der Waals surface area contributed by atoms with Crippen LogP contribution in [0.25, 0.3) is 0 Å². The van der Waals surface area contributed by atoms with E-state index in [9.17, 15) is 9.59 Å². The first-order chi connectivity index (χ1) is 9.17. The van der Waals surface area contributed by atoms with E-state index in [1.165, 1.54) is 0 Å². The summed E-state index contributed by atoms with van der Waals surface area (Å²) < 4.78 is 10.6. The van der Waals surface area contributed by atoms with Crippen LogP contribution in [0.4, 0.5) is 0 Å². The normalized spacial score (nSPS) is 13.2. The Morgan fingerprint density at radius 1 is 1.15 bits per heavy atom. The van der Waals surface area contributed by atoms with Crippen LogP contribution in [0.1, 0.15) is 54.4 Å². The SMILES string of the molecule is CCCOCCC(=O)N[C@H](C(=O)OC(C)(C)C)C(C)C. The zero-order valence-electron chi connectivity index (χ0n) is 13.6. The number of rotatable bonds is 8. The predicted molar refractivity (Wildman–Crippen MR) is 78.3 cm³/mol. The maximum absolute atomic E-state index is 12.0. The van der Waals surface area contributed by atoms with Crippen LogP contribution >= 0.6 is 0 Å².